The van der Waals surface area contributed by atoms with Crippen LogP contribution in [0.4, 0.5) is 0 Å². The van der Waals surface area contributed by atoms with Gasteiger partial charge in [0.05, 0.1) is 24.2 Å². The van der Waals surface area contributed by atoms with E-state index in [0.717, 1.165) is 23.5 Å². The average Bonchev–Trinajstić information content (AvgIpc) is 2.86. The van der Waals surface area contributed by atoms with E-state index in [4.69, 9.17) is 13.9 Å². The standard InChI is InChI=1S/C20H26N2O6S/c1-13-11-17(15(3)28-13)14(2)22-20(23)7-8-21-29(24,25)16-5-6-18-19(12-16)27-10-4-9-26-18/h5-6,11-12,14,21H,4,7-10H2,1-3H3,(H,22,23). The lowest BCUT2D eigenvalue weighted by Gasteiger charge is -2.14. The molecule has 0 aliphatic carbocycles. The number of aryl methyl sites for hydroxylation is 2. The van der Waals surface area contributed by atoms with Crippen LogP contribution in [-0.4, -0.2) is 34.1 Å². The third-order valence-corrected chi connectivity index (χ3v) is 6.06. The first-order valence-electron chi connectivity index (χ1n) is 9.52. The van der Waals surface area contributed by atoms with E-state index >= 15 is 0 Å². The lowest BCUT2D eigenvalue weighted by atomic mass is 10.1. The molecule has 1 atom stereocenters. The van der Waals surface area contributed by atoms with Gasteiger partial charge in [0.2, 0.25) is 15.9 Å². The van der Waals surface area contributed by atoms with Gasteiger partial charge in [0.15, 0.2) is 11.5 Å². The van der Waals surface area contributed by atoms with Crippen molar-refractivity contribution < 1.29 is 27.1 Å². The van der Waals surface area contributed by atoms with Crippen molar-refractivity contribution in [2.75, 3.05) is 19.8 Å². The molecule has 0 radical (unpaired) electrons. The van der Waals surface area contributed by atoms with Gasteiger partial charge < -0.3 is 19.2 Å². The molecule has 1 unspecified atom stereocenters. The Balaban J connectivity index is 1.54. The second kappa shape index (κ2) is 8.87. The molecule has 158 valence electrons. The molecule has 1 aromatic carbocycles. The number of sulfonamides is 1. The fourth-order valence-corrected chi connectivity index (χ4v) is 4.21. The topological polar surface area (TPSA) is 107 Å². The maximum Gasteiger partial charge on any atom is 0.240 e. The Morgan fingerprint density at radius 3 is 2.55 bits per heavy atom. The van der Waals surface area contributed by atoms with Crippen molar-refractivity contribution in [1.82, 2.24) is 10.0 Å². The van der Waals surface area contributed by atoms with Crippen molar-refractivity contribution in [3.63, 3.8) is 0 Å². The Morgan fingerprint density at radius 2 is 1.86 bits per heavy atom. The van der Waals surface area contributed by atoms with Gasteiger partial charge in [-0.1, -0.05) is 0 Å². The minimum atomic E-state index is -3.77. The normalized spacial score (nSPS) is 14.9. The maximum absolute atomic E-state index is 12.5. The molecule has 0 saturated carbocycles. The molecule has 2 heterocycles. The number of hydrogen-bond donors (Lipinski definition) is 2. The van der Waals surface area contributed by atoms with Gasteiger partial charge in [-0.15, -0.1) is 0 Å². The molecule has 1 aliphatic rings. The molecule has 0 fully saturated rings. The largest absolute Gasteiger partial charge is 0.490 e. The summed E-state index contributed by atoms with van der Waals surface area (Å²) in [6, 6.07) is 6.14. The van der Waals surface area contributed by atoms with Crippen molar-refractivity contribution in [3.05, 3.63) is 41.3 Å². The number of rotatable bonds is 7. The summed E-state index contributed by atoms with van der Waals surface area (Å²) in [5.41, 5.74) is 0.906. The summed E-state index contributed by atoms with van der Waals surface area (Å²) in [5, 5.41) is 2.85. The summed E-state index contributed by atoms with van der Waals surface area (Å²) in [4.78, 5) is 12.3. The van der Waals surface area contributed by atoms with Gasteiger partial charge in [0.25, 0.3) is 0 Å². The number of benzene rings is 1. The molecule has 2 N–H and O–H groups in total. The van der Waals surface area contributed by atoms with E-state index in [9.17, 15) is 13.2 Å². The lowest BCUT2D eigenvalue weighted by Crippen LogP contribution is -2.32. The predicted octanol–water partition coefficient (Wildman–Crippen LogP) is 2.60. The van der Waals surface area contributed by atoms with Crippen LogP contribution >= 0.6 is 0 Å². The number of fused-ring (bicyclic) bond motifs is 1. The smallest absolute Gasteiger partial charge is 0.240 e. The molecule has 2 aromatic rings. The molecular weight excluding hydrogens is 396 g/mol. The molecule has 0 bridgehead atoms. The van der Waals surface area contributed by atoms with E-state index in [0.29, 0.717) is 24.7 Å². The maximum atomic E-state index is 12.5. The molecule has 29 heavy (non-hydrogen) atoms. The van der Waals surface area contributed by atoms with Crippen molar-refractivity contribution in [2.45, 2.75) is 44.6 Å². The number of carbonyl (C=O) groups is 1. The number of carbonyl (C=O) groups excluding carboxylic acids is 1. The zero-order valence-electron chi connectivity index (χ0n) is 16.8. The van der Waals surface area contributed by atoms with Gasteiger partial charge in [-0.05, 0) is 39.0 Å². The van der Waals surface area contributed by atoms with E-state index in [2.05, 4.69) is 10.0 Å². The van der Waals surface area contributed by atoms with Crippen LogP contribution in [-0.2, 0) is 14.8 Å². The van der Waals surface area contributed by atoms with Gasteiger partial charge in [-0.25, -0.2) is 13.1 Å². The number of furan rings is 1. The van der Waals surface area contributed by atoms with Crippen LogP contribution in [0.3, 0.4) is 0 Å². The summed E-state index contributed by atoms with van der Waals surface area (Å²) < 4.78 is 44.0. The summed E-state index contributed by atoms with van der Waals surface area (Å²) in [7, 11) is -3.77. The van der Waals surface area contributed by atoms with Crippen molar-refractivity contribution >= 4 is 15.9 Å². The van der Waals surface area contributed by atoms with Crippen LogP contribution < -0.4 is 19.5 Å². The van der Waals surface area contributed by atoms with Crippen molar-refractivity contribution in [2.24, 2.45) is 0 Å². The van der Waals surface area contributed by atoms with Gasteiger partial charge in [-0.3, -0.25) is 4.79 Å². The summed E-state index contributed by atoms with van der Waals surface area (Å²) >= 11 is 0. The quantitative estimate of drug-likeness (QED) is 0.710. The second-order valence-corrected chi connectivity index (χ2v) is 8.73. The number of hydrogen-bond acceptors (Lipinski definition) is 6. The first-order chi connectivity index (χ1) is 13.8. The van der Waals surface area contributed by atoms with Crippen LogP contribution in [0.25, 0.3) is 0 Å². The van der Waals surface area contributed by atoms with Crippen LogP contribution in [0.2, 0.25) is 0 Å². The average molecular weight is 423 g/mol. The molecule has 1 aliphatic heterocycles. The highest BCUT2D eigenvalue weighted by molar-refractivity contribution is 7.89. The highest BCUT2D eigenvalue weighted by Crippen LogP contribution is 2.31. The van der Waals surface area contributed by atoms with Gasteiger partial charge in [-0.2, -0.15) is 0 Å². The monoisotopic (exact) mass is 422 g/mol. The Labute approximate surface area is 170 Å². The summed E-state index contributed by atoms with van der Waals surface area (Å²) in [6.07, 6.45) is 0.754. The third kappa shape index (κ3) is 5.30. The van der Waals surface area contributed by atoms with E-state index in [1.165, 1.54) is 12.1 Å². The fourth-order valence-electron chi connectivity index (χ4n) is 3.16. The van der Waals surface area contributed by atoms with Gasteiger partial charge >= 0.3 is 0 Å². The van der Waals surface area contributed by atoms with Crippen LogP contribution in [0.1, 0.15) is 42.9 Å². The molecule has 1 amide bonds. The fraction of sp³-hybridized carbons (Fsp3) is 0.450. The zero-order chi connectivity index (χ0) is 21.0. The minimum absolute atomic E-state index is 0.0152. The van der Waals surface area contributed by atoms with E-state index in [1.54, 1.807) is 6.07 Å². The minimum Gasteiger partial charge on any atom is -0.490 e. The predicted molar refractivity (Wildman–Crippen MR) is 107 cm³/mol. The lowest BCUT2D eigenvalue weighted by molar-refractivity contribution is -0.121. The molecule has 3 rings (SSSR count). The van der Waals surface area contributed by atoms with Crippen LogP contribution in [0, 0.1) is 13.8 Å². The molecule has 0 saturated heterocycles. The Morgan fingerprint density at radius 1 is 1.14 bits per heavy atom. The molecular formula is C20H26N2O6S. The Hall–Kier alpha value is -2.52. The number of ether oxygens (including phenoxy) is 2. The third-order valence-electron chi connectivity index (χ3n) is 4.60. The first-order valence-corrected chi connectivity index (χ1v) is 11.0. The molecule has 1 aromatic heterocycles. The Kier molecular flexibility index (Phi) is 6.49. The van der Waals surface area contributed by atoms with E-state index in [-0.39, 0.29) is 29.8 Å². The van der Waals surface area contributed by atoms with E-state index in [1.807, 2.05) is 26.8 Å². The van der Waals surface area contributed by atoms with Gasteiger partial charge in [0, 0.05) is 31.0 Å². The SMILES string of the molecule is Cc1cc(C(C)NC(=O)CCNS(=O)(=O)c2ccc3c(c2)OCCCO3)c(C)o1. The molecule has 8 nitrogen and oxygen atoms in total. The number of amides is 1. The van der Waals surface area contributed by atoms with E-state index < -0.39 is 10.0 Å². The van der Waals surface area contributed by atoms with Crippen LogP contribution in [0.5, 0.6) is 11.5 Å². The van der Waals surface area contributed by atoms with Crippen molar-refractivity contribution in [1.29, 1.82) is 0 Å². The Bertz CT molecular complexity index is 983. The summed E-state index contributed by atoms with van der Waals surface area (Å²) in [5.74, 6) is 2.21. The van der Waals surface area contributed by atoms with Crippen LogP contribution in [0.15, 0.2) is 33.6 Å². The first kappa shape index (κ1) is 21.2. The highest BCUT2D eigenvalue weighted by Gasteiger charge is 2.20. The summed E-state index contributed by atoms with van der Waals surface area (Å²) in [6.45, 7) is 6.53. The van der Waals surface area contributed by atoms with Crippen molar-refractivity contribution in [3.8, 4) is 11.5 Å². The van der Waals surface area contributed by atoms with Gasteiger partial charge in [0.1, 0.15) is 11.5 Å². The second-order valence-electron chi connectivity index (χ2n) is 6.96. The zero-order valence-corrected chi connectivity index (χ0v) is 17.6. The molecule has 9 heteroatoms. The number of nitrogens with one attached hydrogen (secondary N) is 2. The molecule has 0 spiro atoms. The highest BCUT2D eigenvalue weighted by atomic mass is 32.2.